The summed E-state index contributed by atoms with van der Waals surface area (Å²) in [4.78, 5) is 18.6. The van der Waals surface area contributed by atoms with Crippen LogP contribution in [0.15, 0.2) is 0 Å². The van der Waals surface area contributed by atoms with Gasteiger partial charge in [-0.3, -0.25) is 14.6 Å². The number of carbonyl (C=O) groups is 1. The summed E-state index contributed by atoms with van der Waals surface area (Å²) in [6.45, 7) is 9.99. The lowest BCUT2D eigenvalue weighted by atomic mass is 10.0. The predicted molar refractivity (Wildman–Crippen MR) is 68.9 cm³/mol. The van der Waals surface area contributed by atoms with E-state index in [1.165, 1.54) is 0 Å². The summed E-state index contributed by atoms with van der Waals surface area (Å²) in [5.41, 5.74) is 0. The van der Waals surface area contributed by atoms with Gasteiger partial charge in [-0.15, -0.1) is 0 Å². The molecule has 2 aliphatic rings. The van der Waals surface area contributed by atoms with Gasteiger partial charge in [0.2, 0.25) is 5.91 Å². The molecule has 1 unspecified atom stereocenters. The van der Waals surface area contributed by atoms with E-state index >= 15 is 0 Å². The first-order valence-corrected chi connectivity index (χ1v) is 6.80. The highest BCUT2D eigenvalue weighted by Gasteiger charge is 2.30. The molecule has 2 saturated heterocycles. The van der Waals surface area contributed by atoms with E-state index in [1.54, 1.807) is 0 Å². The Kier molecular flexibility index (Phi) is 4.05. The average Bonchev–Trinajstić information content (AvgIpc) is 2.33. The van der Waals surface area contributed by atoms with Crippen molar-refractivity contribution in [3.05, 3.63) is 0 Å². The van der Waals surface area contributed by atoms with Gasteiger partial charge in [0.1, 0.15) is 0 Å². The lowest BCUT2D eigenvalue weighted by Crippen LogP contribution is -2.55. The summed E-state index contributed by atoms with van der Waals surface area (Å²) in [6, 6.07) is 1.14. The zero-order valence-electron chi connectivity index (χ0n) is 11.4. The van der Waals surface area contributed by atoms with Crippen LogP contribution < -0.4 is 0 Å². The van der Waals surface area contributed by atoms with E-state index in [0.29, 0.717) is 18.0 Å². The van der Waals surface area contributed by atoms with Gasteiger partial charge in [0.05, 0.1) is 0 Å². The molecule has 1 amide bonds. The number of hydrogen-bond acceptors (Lipinski definition) is 3. The first-order chi connectivity index (χ1) is 8.08. The van der Waals surface area contributed by atoms with Gasteiger partial charge in [-0.1, -0.05) is 0 Å². The van der Waals surface area contributed by atoms with Crippen molar-refractivity contribution in [3.63, 3.8) is 0 Å². The highest BCUT2D eigenvalue weighted by molar-refractivity contribution is 5.77. The molecule has 0 aromatic rings. The summed E-state index contributed by atoms with van der Waals surface area (Å²) in [6.07, 6.45) is 1.86. The van der Waals surface area contributed by atoms with Crippen LogP contribution in [0.1, 0.15) is 26.7 Å². The molecule has 2 fully saturated rings. The van der Waals surface area contributed by atoms with Gasteiger partial charge in [0, 0.05) is 58.3 Å². The van der Waals surface area contributed by atoms with E-state index in [-0.39, 0.29) is 0 Å². The molecule has 98 valence electrons. The Balaban J connectivity index is 1.83. The number of piperidine rings is 1. The van der Waals surface area contributed by atoms with Crippen molar-refractivity contribution in [2.24, 2.45) is 0 Å². The molecule has 0 bridgehead atoms. The van der Waals surface area contributed by atoms with E-state index < -0.39 is 0 Å². The topological polar surface area (TPSA) is 26.8 Å². The molecule has 2 heterocycles. The van der Waals surface area contributed by atoms with Crippen molar-refractivity contribution in [2.75, 3.05) is 39.8 Å². The molecule has 1 atom stereocenters. The SMILES string of the molecule is CC(C)N1CCN(C2CCN(C)C(=O)C2)CC1. The predicted octanol–water partition coefficient (Wildman–Crippen LogP) is 0.633. The lowest BCUT2D eigenvalue weighted by molar-refractivity contribution is -0.134. The van der Waals surface area contributed by atoms with Gasteiger partial charge in [-0.2, -0.15) is 0 Å². The molecule has 2 rings (SSSR count). The average molecular weight is 239 g/mol. The van der Waals surface area contributed by atoms with E-state index in [4.69, 9.17) is 0 Å². The molecule has 4 nitrogen and oxygen atoms in total. The number of rotatable bonds is 2. The zero-order chi connectivity index (χ0) is 12.4. The third-order valence-electron chi connectivity index (χ3n) is 4.23. The Morgan fingerprint density at radius 2 is 1.76 bits per heavy atom. The van der Waals surface area contributed by atoms with Crippen LogP contribution in [-0.2, 0) is 4.79 Å². The van der Waals surface area contributed by atoms with Crippen molar-refractivity contribution in [2.45, 2.75) is 38.8 Å². The summed E-state index contributed by atoms with van der Waals surface area (Å²) in [7, 11) is 1.91. The Bertz CT molecular complexity index is 272. The maximum Gasteiger partial charge on any atom is 0.223 e. The van der Waals surface area contributed by atoms with Gasteiger partial charge >= 0.3 is 0 Å². The van der Waals surface area contributed by atoms with Gasteiger partial charge in [0.25, 0.3) is 0 Å². The van der Waals surface area contributed by atoms with Crippen LogP contribution in [0.3, 0.4) is 0 Å². The fraction of sp³-hybridized carbons (Fsp3) is 0.923. The van der Waals surface area contributed by atoms with Crippen LogP contribution in [0, 0.1) is 0 Å². The third kappa shape index (κ3) is 2.99. The molecule has 2 aliphatic heterocycles. The van der Waals surface area contributed by atoms with Crippen molar-refractivity contribution >= 4 is 5.91 Å². The molecular weight excluding hydrogens is 214 g/mol. The smallest absolute Gasteiger partial charge is 0.223 e. The Morgan fingerprint density at radius 3 is 2.29 bits per heavy atom. The monoisotopic (exact) mass is 239 g/mol. The lowest BCUT2D eigenvalue weighted by Gasteiger charge is -2.42. The van der Waals surface area contributed by atoms with Gasteiger partial charge in [-0.25, -0.2) is 0 Å². The minimum Gasteiger partial charge on any atom is -0.346 e. The van der Waals surface area contributed by atoms with Crippen LogP contribution in [0.5, 0.6) is 0 Å². The Morgan fingerprint density at radius 1 is 1.12 bits per heavy atom. The van der Waals surface area contributed by atoms with Crippen LogP contribution in [-0.4, -0.2) is 72.5 Å². The Hall–Kier alpha value is -0.610. The number of carbonyl (C=O) groups excluding carboxylic acids is 1. The Labute approximate surface area is 105 Å². The zero-order valence-corrected chi connectivity index (χ0v) is 11.4. The largest absolute Gasteiger partial charge is 0.346 e. The van der Waals surface area contributed by atoms with Gasteiger partial charge < -0.3 is 4.90 Å². The molecule has 17 heavy (non-hydrogen) atoms. The first-order valence-electron chi connectivity index (χ1n) is 6.80. The summed E-state index contributed by atoms with van der Waals surface area (Å²) in [5.74, 6) is 0.313. The third-order valence-corrected chi connectivity index (χ3v) is 4.23. The maximum atomic E-state index is 11.7. The van der Waals surface area contributed by atoms with Crippen molar-refractivity contribution in [1.82, 2.24) is 14.7 Å². The number of piperazine rings is 1. The summed E-state index contributed by atoms with van der Waals surface area (Å²) in [5, 5.41) is 0. The fourth-order valence-corrected chi connectivity index (χ4v) is 2.86. The van der Waals surface area contributed by atoms with Crippen LogP contribution in [0.4, 0.5) is 0 Å². The van der Waals surface area contributed by atoms with Crippen molar-refractivity contribution in [1.29, 1.82) is 0 Å². The van der Waals surface area contributed by atoms with Gasteiger partial charge in [-0.05, 0) is 20.3 Å². The first kappa shape index (κ1) is 12.8. The summed E-state index contributed by atoms with van der Waals surface area (Å²) < 4.78 is 0. The van der Waals surface area contributed by atoms with E-state index in [2.05, 4.69) is 23.6 Å². The fourth-order valence-electron chi connectivity index (χ4n) is 2.86. The molecule has 0 aliphatic carbocycles. The molecule has 0 saturated carbocycles. The van der Waals surface area contributed by atoms with Crippen LogP contribution in [0.2, 0.25) is 0 Å². The van der Waals surface area contributed by atoms with Crippen molar-refractivity contribution in [3.8, 4) is 0 Å². The molecule has 0 N–H and O–H groups in total. The van der Waals surface area contributed by atoms with E-state index in [9.17, 15) is 4.79 Å². The highest BCUT2D eigenvalue weighted by atomic mass is 16.2. The normalized spacial score (nSPS) is 29.1. The second-order valence-corrected chi connectivity index (χ2v) is 5.63. The van der Waals surface area contributed by atoms with Crippen LogP contribution in [0.25, 0.3) is 0 Å². The van der Waals surface area contributed by atoms with E-state index in [1.807, 2.05) is 11.9 Å². The maximum absolute atomic E-state index is 11.7. The number of hydrogen-bond donors (Lipinski definition) is 0. The molecule has 4 heteroatoms. The molecule has 0 spiro atoms. The van der Waals surface area contributed by atoms with E-state index in [0.717, 1.165) is 45.6 Å². The number of likely N-dealkylation sites (tertiary alicyclic amines) is 1. The number of amides is 1. The second kappa shape index (κ2) is 5.36. The van der Waals surface area contributed by atoms with Crippen LogP contribution >= 0.6 is 0 Å². The molecular formula is C13H25N3O. The standard InChI is InChI=1S/C13H25N3O/c1-11(2)15-6-8-16(9-7-15)12-4-5-14(3)13(17)10-12/h11-12H,4-10H2,1-3H3. The van der Waals surface area contributed by atoms with Gasteiger partial charge in [0.15, 0.2) is 0 Å². The quantitative estimate of drug-likeness (QED) is 0.707. The number of nitrogens with zero attached hydrogens (tertiary/aromatic N) is 3. The molecule has 0 radical (unpaired) electrons. The van der Waals surface area contributed by atoms with Crippen molar-refractivity contribution < 1.29 is 4.79 Å². The second-order valence-electron chi connectivity index (χ2n) is 5.63. The highest BCUT2D eigenvalue weighted by Crippen LogP contribution is 2.18. The molecule has 0 aromatic carbocycles. The minimum absolute atomic E-state index is 0.313. The minimum atomic E-state index is 0.313. The summed E-state index contributed by atoms with van der Waals surface area (Å²) >= 11 is 0. The molecule has 0 aromatic heterocycles.